The van der Waals surface area contributed by atoms with Gasteiger partial charge in [-0.05, 0) is 45.2 Å². The molecule has 2 saturated carbocycles. The average molecular weight is 303 g/mol. The van der Waals surface area contributed by atoms with E-state index in [-0.39, 0.29) is 29.6 Å². The van der Waals surface area contributed by atoms with Crippen LogP contribution >= 0.6 is 12.4 Å². The molecule has 116 valence electrons. The van der Waals surface area contributed by atoms with Gasteiger partial charge < -0.3 is 15.4 Å². The van der Waals surface area contributed by atoms with Crippen molar-refractivity contribution in [3.05, 3.63) is 0 Å². The first-order chi connectivity index (χ1) is 9.17. The summed E-state index contributed by atoms with van der Waals surface area (Å²) in [6, 6.07) is 0.362. The predicted octanol–water partition coefficient (Wildman–Crippen LogP) is 1.73. The molecule has 3 unspecified atom stereocenters. The first-order valence-corrected chi connectivity index (χ1v) is 7.80. The second kappa shape index (κ2) is 6.20. The summed E-state index contributed by atoms with van der Waals surface area (Å²) >= 11 is 0. The van der Waals surface area contributed by atoms with Crippen LogP contribution in [0.25, 0.3) is 0 Å². The van der Waals surface area contributed by atoms with Gasteiger partial charge in [-0.1, -0.05) is 13.3 Å². The molecule has 3 aliphatic rings. The molecule has 5 heteroatoms. The quantitative estimate of drug-likeness (QED) is 0.813. The number of nitrogens with one attached hydrogen (secondary N) is 2. The Morgan fingerprint density at radius 3 is 2.60 bits per heavy atom. The Hall–Kier alpha value is -0.320. The van der Waals surface area contributed by atoms with E-state index in [9.17, 15) is 4.79 Å². The number of halogens is 1. The third-order valence-corrected chi connectivity index (χ3v) is 5.69. The minimum Gasteiger partial charge on any atom is -0.378 e. The zero-order valence-electron chi connectivity index (χ0n) is 12.5. The highest BCUT2D eigenvalue weighted by atomic mass is 35.5. The summed E-state index contributed by atoms with van der Waals surface area (Å²) < 4.78 is 5.83. The number of ether oxygens (including phenoxy) is 1. The fourth-order valence-corrected chi connectivity index (χ4v) is 3.82. The first-order valence-electron chi connectivity index (χ1n) is 7.80. The third kappa shape index (κ3) is 2.46. The van der Waals surface area contributed by atoms with Crippen molar-refractivity contribution in [2.45, 2.75) is 51.7 Å². The SMILES string of the molecule is CCOC1CC(NC(=O)C(C)C2CNC2)C12CCC2.Cl. The summed E-state index contributed by atoms with van der Waals surface area (Å²) in [4.78, 5) is 12.3. The van der Waals surface area contributed by atoms with Gasteiger partial charge in [0, 0.05) is 24.0 Å². The van der Waals surface area contributed by atoms with Crippen LogP contribution in [-0.2, 0) is 9.53 Å². The normalized spacial score (nSPS) is 32.3. The molecule has 2 N–H and O–H groups in total. The van der Waals surface area contributed by atoms with Crippen molar-refractivity contribution < 1.29 is 9.53 Å². The van der Waals surface area contributed by atoms with Gasteiger partial charge in [-0.25, -0.2) is 0 Å². The molecule has 1 saturated heterocycles. The third-order valence-electron chi connectivity index (χ3n) is 5.69. The van der Waals surface area contributed by atoms with Gasteiger partial charge >= 0.3 is 0 Å². The zero-order valence-corrected chi connectivity index (χ0v) is 13.3. The number of carbonyl (C=O) groups excluding carboxylic acids is 1. The number of carbonyl (C=O) groups is 1. The summed E-state index contributed by atoms with van der Waals surface area (Å²) in [6.07, 6.45) is 5.13. The Bertz CT molecular complexity index is 356. The highest BCUT2D eigenvalue weighted by molar-refractivity contribution is 5.85. The lowest BCUT2D eigenvalue weighted by Crippen LogP contribution is -2.68. The van der Waals surface area contributed by atoms with E-state index in [2.05, 4.69) is 24.5 Å². The van der Waals surface area contributed by atoms with Crippen molar-refractivity contribution in [2.75, 3.05) is 19.7 Å². The summed E-state index contributed by atoms with van der Waals surface area (Å²) in [7, 11) is 0. The van der Waals surface area contributed by atoms with E-state index in [1.807, 2.05) is 0 Å². The summed E-state index contributed by atoms with van der Waals surface area (Å²) in [5.74, 6) is 0.919. The van der Waals surface area contributed by atoms with Crippen LogP contribution in [0.3, 0.4) is 0 Å². The highest BCUT2D eigenvalue weighted by Gasteiger charge is 2.59. The molecule has 3 rings (SSSR count). The van der Waals surface area contributed by atoms with Gasteiger partial charge in [-0.15, -0.1) is 12.4 Å². The molecule has 1 spiro atoms. The highest BCUT2D eigenvalue weighted by Crippen LogP contribution is 2.57. The largest absolute Gasteiger partial charge is 0.378 e. The lowest BCUT2D eigenvalue weighted by molar-refractivity contribution is -0.177. The molecule has 3 atom stereocenters. The Balaban J connectivity index is 0.00000147. The summed E-state index contributed by atoms with van der Waals surface area (Å²) in [6.45, 7) is 6.89. The molecule has 0 bridgehead atoms. The molecule has 0 aromatic rings. The van der Waals surface area contributed by atoms with Crippen LogP contribution in [0.2, 0.25) is 0 Å². The summed E-state index contributed by atoms with van der Waals surface area (Å²) in [5.41, 5.74) is 0.281. The van der Waals surface area contributed by atoms with Crippen LogP contribution < -0.4 is 10.6 Å². The number of rotatable bonds is 5. The van der Waals surface area contributed by atoms with Crippen LogP contribution in [0.15, 0.2) is 0 Å². The van der Waals surface area contributed by atoms with Crippen molar-refractivity contribution in [3.63, 3.8) is 0 Å². The van der Waals surface area contributed by atoms with Crippen molar-refractivity contribution in [3.8, 4) is 0 Å². The van der Waals surface area contributed by atoms with Gasteiger partial charge in [0.1, 0.15) is 0 Å². The molecule has 1 aliphatic heterocycles. The van der Waals surface area contributed by atoms with E-state index >= 15 is 0 Å². The Morgan fingerprint density at radius 2 is 2.15 bits per heavy atom. The van der Waals surface area contributed by atoms with Gasteiger partial charge in [-0.2, -0.15) is 0 Å². The van der Waals surface area contributed by atoms with Crippen molar-refractivity contribution >= 4 is 18.3 Å². The second-order valence-corrected chi connectivity index (χ2v) is 6.53. The van der Waals surface area contributed by atoms with Crippen LogP contribution in [-0.4, -0.2) is 37.7 Å². The molecule has 0 radical (unpaired) electrons. The number of hydrogen-bond donors (Lipinski definition) is 2. The van der Waals surface area contributed by atoms with E-state index in [0.717, 1.165) is 26.1 Å². The Labute approximate surface area is 127 Å². The fraction of sp³-hybridized carbons (Fsp3) is 0.933. The van der Waals surface area contributed by atoms with Gasteiger partial charge in [-0.3, -0.25) is 4.79 Å². The zero-order chi connectivity index (χ0) is 13.5. The summed E-state index contributed by atoms with van der Waals surface area (Å²) in [5, 5.41) is 6.54. The van der Waals surface area contributed by atoms with Crippen molar-refractivity contribution in [1.82, 2.24) is 10.6 Å². The molecule has 1 amide bonds. The topological polar surface area (TPSA) is 50.4 Å². The monoisotopic (exact) mass is 302 g/mol. The lowest BCUT2D eigenvalue weighted by Gasteiger charge is -2.61. The minimum absolute atomic E-state index is 0. The van der Waals surface area contributed by atoms with Crippen LogP contribution in [0.5, 0.6) is 0 Å². The maximum Gasteiger partial charge on any atom is 0.223 e. The van der Waals surface area contributed by atoms with Crippen LogP contribution in [0, 0.1) is 17.3 Å². The molecular formula is C15H27ClN2O2. The van der Waals surface area contributed by atoms with Crippen LogP contribution in [0.1, 0.15) is 39.5 Å². The molecule has 20 heavy (non-hydrogen) atoms. The molecule has 0 aromatic carbocycles. The van der Waals surface area contributed by atoms with Gasteiger partial charge in [0.15, 0.2) is 0 Å². The Kier molecular flexibility index (Phi) is 4.98. The smallest absolute Gasteiger partial charge is 0.223 e. The molecular weight excluding hydrogens is 276 g/mol. The van der Waals surface area contributed by atoms with E-state index < -0.39 is 0 Å². The maximum atomic E-state index is 12.3. The van der Waals surface area contributed by atoms with Gasteiger partial charge in [0.2, 0.25) is 5.91 Å². The van der Waals surface area contributed by atoms with Gasteiger partial charge in [0.05, 0.1) is 6.10 Å². The lowest BCUT2D eigenvalue weighted by atomic mass is 9.51. The van der Waals surface area contributed by atoms with Gasteiger partial charge in [0.25, 0.3) is 0 Å². The molecule has 1 heterocycles. The van der Waals surface area contributed by atoms with Crippen molar-refractivity contribution in [1.29, 1.82) is 0 Å². The Morgan fingerprint density at radius 1 is 1.45 bits per heavy atom. The maximum absolute atomic E-state index is 12.3. The van der Waals surface area contributed by atoms with E-state index in [4.69, 9.17) is 4.74 Å². The van der Waals surface area contributed by atoms with E-state index in [1.165, 1.54) is 19.3 Å². The number of amides is 1. The molecule has 4 nitrogen and oxygen atoms in total. The molecule has 0 aromatic heterocycles. The van der Waals surface area contributed by atoms with E-state index in [1.54, 1.807) is 0 Å². The second-order valence-electron chi connectivity index (χ2n) is 6.53. The minimum atomic E-state index is 0. The predicted molar refractivity (Wildman–Crippen MR) is 81.0 cm³/mol. The standard InChI is InChI=1S/C15H26N2O2.ClH/c1-3-19-13-7-12(15(13)5-4-6-15)17-14(18)10(2)11-8-16-9-11;/h10-13,16H,3-9H2,1-2H3,(H,17,18);1H. The van der Waals surface area contributed by atoms with E-state index in [0.29, 0.717) is 18.1 Å². The fourth-order valence-electron chi connectivity index (χ4n) is 3.82. The molecule has 3 fully saturated rings. The molecule has 2 aliphatic carbocycles. The number of hydrogen-bond acceptors (Lipinski definition) is 3. The average Bonchev–Trinajstić information content (AvgIpc) is 2.22. The first kappa shape index (κ1) is 16.1. The van der Waals surface area contributed by atoms with Crippen molar-refractivity contribution in [2.24, 2.45) is 17.3 Å². The van der Waals surface area contributed by atoms with Crippen LogP contribution in [0.4, 0.5) is 0 Å².